The SMILES string of the molecule is CC1=C(N2CCCC2)C(=O)CO1. The van der Waals surface area contributed by atoms with E-state index >= 15 is 0 Å². The Bertz CT molecular complexity index is 239. The predicted octanol–water partition coefficient (Wildman–Crippen LogP) is 0.913. The van der Waals surface area contributed by atoms with Gasteiger partial charge in [-0.1, -0.05) is 0 Å². The highest BCUT2D eigenvalue weighted by atomic mass is 16.5. The predicted molar refractivity (Wildman–Crippen MR) is 44.5 cm³/mol. The van der Waals surface area contributed by atoms with Gasteiger partial charge in [0.1, 0.15) is 11.5 Å². The second-order valence-corrected chi connectivity index (χ2v) is 3.31. The summed E-state index contributed by atoms with van der Waals surface area (Å²) in [6.45, 7) is 4.15. The number of nitrogens with zero attached hydrogens (tertiary/aromatic N) is 1. The second kappa shape index (κ2) is 2.81. The van der Waals surface area contributed by atoms with Crippen molar-refractivity contribution in [2.75, 3.05) is 19.7 Å². The van der Waals surface area contributed by atoms with Crippen LogP contribution < -0.4 is 0 Å². The molecule has 0 saturated carbocycles. The van der Waals surface area contributed by atoms with Gasteiger partial charge in [0.2, 0.25) is 5.78 Å². The van der Waals surface area contributed by atoms with Crippen molar-refractivity contribution in [3.8, 4) is 0 Å². The lowest BCUT2D eigenvalue weighted by Crippen LogP contribution is -2.23. The lowest BCUT2D eigenvalue weighted by Gasteiger charge is -2.16. The molecule has 0 radical (unpaired) electrons. The molecular weight excluding hydrogens is 154 g/mol. The minimum absolute atomic E-state index is 0.148. The molecule has 0 bridgehead atoms. The topological polar surface area (TPSA) is 29.5 Å². The summed E-state index contributed by atoms with van der Waals surface area (Å²) in [5.41, 5.74) is 0.826. The van der Waals surface area contributed by atoms with Crippen molar-refractivity contribution in [2.45, 2.75) is 19.8 Å². The van der Waals surface area contributed by atoms with Gasteiger partial charge in [-0.05, 0) is 19.8 Å². The van der Waals surface area contributed by atoms with Gasteiger partial charge in [-0.3, -0.25) is 4.79 Å². The first-order chi connectivity index (χ1) is 5.79. The molecule has 0 aromatic heterocycles. The zero-order valence-electron chi connectivity index (χ0n) is 7.30. The summed E-state index contributed by atoms with van der Waals surface area (Å²) in [4.78, 5) is 13.5. The van der Waals surface area contributed by atoms with E-state index in [0.717, 1.165) is 24.5 Å². The van der Waals surface area contributed by atoms with E-state index in [0.29, 0.717) is 0 Å². The smallest absolute Gasteiger partial charge is 0.219 e. The maximum Gasteiger partial charge on any atom is 0.219 e. The van der Waals surface area contributed by atoms with Crippen LogP contribution in [-0.2, 0) is 9.53 Å². The third kappa shape index (κ3) is 1.09. The van der Waals surface area contributed by atoms with Gasteiger partial charge in [-0.2, -0.15) is 0 Å². The third-order valence-corrected chi connectivity index (χ3v) is 2.44. The summed E-state index contributed by atoms with van der Waals surface area (Å²) < 4.78 is 5.18. The Kier molecular flexibility index (Phi) is 1.79. The Morgan fingerprint density at radius 3 is 2.50 bits per heavy atom. The first-order valence-corrected chi connectivity index (χ1v) is 4.41. The summed E-state index contributed by atoms with van der Waals surface area (Å²) in [5.74, 6) is 0.955. The van der Waals surface area contributed by atoms with E-state index in [-0.39, 0.29) is 12.4 Å². The monoisotopic (exact) mass is 167 g/mol. The van der Waals surface area contributed by atoms with Gasteiger partial charge in [0.05, 0.1) is 0 Å². The van der Waals surface area contributed by atoms with E-state index in [1.165, 1.54) is 12.8 Å². The fourth-order valence-electron chi connectivity index (χ4n) is 1.85. The highest BCUT2D eigenvalue weighted by Crippen LogP contribution is 2.23. The van der Waals surface area contributed by atoms with E-state index < -0.39 is 0 Å². The lowest BCUT2D eigenvalue weighted by molar-refractivity contribution is -0.117. The number of Topliss-reactive ketones (excluding diaryl/α,β-unsaturated/α-hetero) is 1. The number of allylic oxidation sites excluding steroid dienone is 1. The average molecular weight is 167 g/mol. The Balaban J connectivity index is 2.19. The number of hydrogen-bond donors (Lipinski definition) is 0. The maximum absolute atomic E-state index is 11.3. The summed E-state index contributed by atoms with van der Waals surface area (Å²) in [7, 11) is 0. The van der Waals surface area contributed by atoms with E-state index in [1.54, 1.807) is 0 Å². The first kappa shape index (κ1) is 7.65. The molecule has 0 unspecified atom stereocenters. The molecule has 0 atom stereocenters. The van der Waals surface area contributed by atoms with Gasteiger partial charge in [0.25, 0.3) is 0 Å². The fourth-order valence-corrected chi connectivity index (χ4v) is 1.85. The number of carbonyl (C=O) groups is 1. The van der Waals surface area contributed by atoms with Crippen LogP contribution in [-0.4, -0.2) is 30.4 Å². The molecule has 12 heavy (non-hydrogen) atoms. The normalized spacial score (nSPS) is 23.8. The van der Waals surface area contributed by atoms with Gasteiger partial charge in [-0.15, -0.1) is 0 Å². The standard InChI is InChI=1S/C9H13NO2/c1-7-9(8(11)6-12-7)10-4-2-3-5-10/h2-6H2,1H3. The average Bonchev–Trinajstić information content (AvgIpc) is 2.61. The molecule has 2 aliphatic rings. The van der Waals surface area contributed by atoms with Crippen molar-refractivity contribution in [1.82, 2.24) is 4.90 Å². The molecule has 1 saturated heterocycles. The Morgan fingerprint density at radius 1 is 1.33 bits per heavy atom. The number of ketones is 1. The molecule has 3 heteroatoms. The molecule has 0 spiro atoms. The van der Waals surface area contributed by atoms with Crippen molar-refractivity contribution < 1.29 is 9.53 Å². The van der Waals surface area contributed by atoms with Crippen LogP contribution in [0.4, 0.5) is 0 Å². The van der Waals surface area contributed by atoms with Gasteiger partial charge >= 0.3 is 0 Å². The van der Waals surface area contributed by atoms with E-state index in [9.17, 15) is 4.79 Å². The molecule has 0 N–H and O–H groups in total. The van der Waals surface area contributed by atoms with Gasteiger partial charge in [0.15, 0.2) is 6.61 Å². The van der Waals surface area contributed by atoms with Crippen molar-refractivity contribution in [3.05, 3.63) is 11.5 Å². The van der Waals surface area contributed by atoms with Crippen molar-refractivity contribution in [3.63, 3.8) is 0 Å². The quantitative estimate of drug-likeness (QED) is 0.581. The molecule has 2 heterocycles. The largest absolute Gasteiger partial charge is 0.488 e. The van der Waals surface area contributed by atoms with Crippen molar-refractivity contribution in [2.24, 2.45) is 0 Å². The molecule has 0 aliphatic carbocycles. The first-order valence-electron chi connectivity index (χ1n) is 4.41. The Labute approximate surface area is 72.0 Å². The summed E-state index contributed by atoms with van der Waals surface area (Å²) >= 11 is 0. The Morgan fingerprint density at radius 2 is 2.00 bits per heavy atom. The summed E-state index contributed by atoms with van der Waals surface area (Å²) in [5, 5.41) is 0. The van der Waals surface area contributed by atoms with Crippen molar-refractivity contribution in [1.29, 1.82) is 0 Å². The molecule has 0 aromatic rings. The minimum atomic E-state index is 0.148. The molecule has 66 valence electrons. The van der Waals surface area contributed by atoms with Gasteiger partial charge in [-0.25, -0.2) is 0 Å². The highest BCUT2D eigenvalue weighted by molar-refractivity contribution is 5.98. The number of hydrogen-bond acceptors (Lipinski definition) is 3. The lowest BCUT2D eigenvalue weighted by atomic mass is 10.3. The number of likely N-dealkylation sites (tertiary alicyclic amines) is 1. The second-order valence-electron chi connectivity index (χ2n) is 3.31. The molecule has 0 aromatic carbocycles. The van der Waals surface area contributed by atoms with Crippen LogP contribution >= 0.6 is 0 Å². The highest BCUT2D eigenvalue weighted by Gasteiger charge is 2.28. The number of carbonyl (C=O) groups excluding carboxylic acids is 1. The van der Waals surface area contributed by atoms with Crippen LogP contribution in [0, 0.1) is 0 Å². The van der Waals surface area contributed by atoms with Gasteiger partial charge in [0, 0.05) is 13.1 Å². The Hall–Kier alpha value is -0.990. The van der Waals surface area contributed by atoms with Crippen LogP contribution in [0.1, 0.15) is 19.8 Å². The third-order valence-electron chi connectivity index (χ3n) is 2.44. The molecule has 2 rings (SSSR count). The maximum atomic E-state index is 11.3. The van der Waals surface area contributed by atoms with Crippen LogP contribution in [0.25, 0.3) is 0 Å². The van der Waals surface area contributed by atoms with E-state index in [1.807, 2.05) is 6.92 Å². The minimum Gasteiger partial charge on any atom is -0.488 e. The zero-order valence-corrected chi connectivity index (χ0v) is 7.30. The zero-order chi connectivity index (χ0) is 8.55. The summed E-state index contributed by atoms with van der Waals surface area (Å²) in [6, 6.07) is 0. The molecule has 0 amide bonds. The van der Waals surface area contributed by atoms with E-state index in [4.69, 9.17) is 4.74 Å². The van der Waals surface area contributed by atoms with Crippen LogP contribution in [0.15, 0.2) is 11.5 Å². The molecule has 3 nitrogen and oxygen atoms in total. The van der Waals surface area contributed by atoms with Crippen LogP contribution in [0.3, 0.4) is 0 Å². The van der Waals surface area contributed by atoms with Crippen molar-refractivity contribution >= 4 is 5.78 Å². The summed E-state index contributed by atoms with van der Waals surface area (Å²) in [6.07, 6.45) is 2.40. The fraction of sp³-hybridized carbons (Fsp3) is 0.667. The number of ether oxygens (including phenoxy) is 1. The van der Waals surface area contributed by atoms with Crippen LogP contribution in [0.2, 0.25) is 0 Å². The molecule has 1 fully saturated rings. The number of rotatable bonds is 1. The molecule has 2 aliphatic heterocycles. The van der Waals surface area contributed by atoms with Crippen LogP contribution in [0.5, 0.6) is 0 Å². The molecular formula is C9H13NO2. The van der Waals surface area contributed by atoms with Gasteiger partial charge < -0.3 is 9.64 Å². The van der Waals surface area contributed by atoms with E-state index in [2.05, 4.69) is 4.90 Å².